The van der Waals surface area contributed by atoms with Gasteiger partial charge in [0.1, 0.15) is 11.4 Å². The Kier molecular flexibility index (Phi) is 3.66. The molecule has 1 aromatic carbocycles. The van der Waals surface area contributed by atoms with Gasteiger partial charge in [-0.2, -0.15) is 0 Å². The predicted octanol–water partition coefficient (Wildman–Crippen LogP) is 2.26. The highest BCUT2D eigenvalue weighted by Gasteiger charge is 2.27. The van der Waals surface area contributed by atoms with Crippen molar-refractivity contribution < 1.29 is 4.92 Å². The maximum Gasteiger partial charge on any atom is 0.316 e. The number of hydrazine groups is 1. The molecular formula is C12H18N4O2. The molecule has 1 fully saturated rings. The summed E-state index contributed by atoms with van der Waals surface area (Å²) >= 11 is 0. The number of nitro benzene ring substituents is 1. The maximum absolute atomic E-state index is 11.2. The Hall–Kier alpha value is -1.82. The van der Waals surface area contributed by atoms with Gasteiger partial charge in [-0.05, 0) is 25.0 Å². The third-order valence-corrected chi connectivity index (χ3v) is 3.61. The maximum atomic E-state index is 11.2. The van der Waals surface area contributed by atoms with Crippen molar-refractivity contribution in [3.05, 3.63) is 28.3 Å². The summed E-state index contributed by atoms with van der Waals surface area (Å²) in [5.74, 6) is 5.34. The van der Waals surface area contributed by atoms with Crippen LogP contribution in [-0.2, 0) is 0 Å². The summed E-state index contributed by atoms with van der Waals surface area (Å²) in [5, 5.41) is 11.2. The van der Waals surface area contributed by atoms with Gasteiger partial charge in [0.2, 0.25) is 0 Å². The number of nitro groups is 1. The van der Waals surface area contributed by atoms with Gasteiger partial charge in [0.15, 0.2) is 0 Å². The number of nitrogens with two attached hydrogens (primary N) is 1. The highest BCUT2D eigenvalue weighted by atomic mass is 16.6. The monoisotopic (exact) mass is 250 g/mol. The number of benzene rings is 1. The van der Waals surface area contributed by atoms with Crippen LogP contribution in [0.15, 0.2) is 18.2 Å². The van der Waals surface area contributed by atoms with Gasteiger partial charge in [-0.1, -0.05) is 18.9 Å². The van der Waals surface area contributed by atoms with Crippen molar-refractivity contribution in [3.8, 4) is 0 Å². The fraction of sp³-hybridized carbons (Fsp3) is 0.500. The second-order valence-corrected chi connectivity index (χ2v) is 4.62. The van der Waals surface area contributed by atoms with Gasteiger partial charge in [0.05, 0.1) is 4.92 Å². The Labute approximate surface area is 106 Å². The lowest BCUT2D eigenvalue weighted by molar-refractivity contribution is -0.383. The molecule has 2 rings (SSSR count). The largest absolute Gasteiger partial charge is 0.366 e. The zero-order valence-corrected chi connectivity index (χ0v) is 10.4. The van der Waals surface area contributed by atoms with Crippen molar-refractivity contribution in [2.75, 3.05) is 17.4 Å². The SMILES string of the molecule is CN(c1cccc(NN)c1[N+](=O)[O-])C1CCCC1. The number of para-hydroxylation sites is 1. The number of hydrogen-bond donors (Lipinski definition) is 2. The fourth-order valence-corrected chi connectivity index (χ4v) is 2.61. The fourth-order valence-electron chi connectivity index (χ4n) is 2.61. The first-order valence-corrected chi connectivity index (χ1v) is 6.12. The minimum atomic E-state index is -0.379. The molecule has 6 heteroatoms. The van der Waals surface area contributed by atoms with Crippen molar-refractivity contribution in [2.45, 2.75) is 31.7 Å². The molecule has 0 saturated heterocycles. The van der Waals surface area contributed by atoms with Crippen molar-refractivity contribution >= 4 is 17.1 Å². The van der Waals surface area contributed by atoms with E-state index < -0.39 is 0 Å². The molecule has 0 atom stereocenters. The van der Waals surface area contributed by atoms with Crippen molar-refractivity contribution in [1.29, 1.82) is 0 Å². The van der Waals surface area contributed by atoms with Crippen LogP contribution in [0.25, 0.3) is 0 Å². The Morgan fingerprint density at radius 1 is 1.44 bits per heavy atom. The Bertz CT molecular complexity index is 444. The van der Waals surface area contributed by atoms with E-state index in [1.54, 1.807) is 18.2 Å². The van der Waals surface area contributed by atoms with Gasteiger partial charge in [-0.15, -0.1) is 0 Å². The Balaban J connectivity index is 2.39. The zero-order valence-electron chi connectivity index (χ0n) is 10.4. The Morgan fingerprint density at radius 3 is 2.67 bits per heavy atom. The van der Waals surface area contributed by atoms with Crippen molar-refractivity contribution in [2.24, 2.45) is 5.84 Å². The number of nitrogens with zero attached hydrogens (tertiary/aromatic N) is 2. The van der Waals surface area contributed by atoms with Crippen LogP contribution in [0, 0.1) is 10.1 Å². The second-order valence-electron chi connectivity index (χ2n) is 4.62. The lowest BCUT2D eigenvalue weighted by atomic mass is 10.1. The van der Waals surface area contributed by atoms with Crippen molar-refractivity contribution in [3.63, 3.8) is 0 Å². The molecular weight excluding hydrogens is 232 g/mol. The first-order chi connectivity index (χ1) is 8.65. The van der Waals surface area contributed by atoms with E-state index >= 15 is 0 Å². The topological polar surface area (TPSA) is 84.4 Å². The van der Waals surface area contributed by atoms with E-state index in [0.29, 0.717) is 17.4 Å². The molecule has 0 aliphatic heterocycles. The van der Waals surface area contributed by atoms with Crippen LogP contribution in [0.1, 0.15) is 25.7 Å². The number of nitrogen functional groups attached to an aromatic ring is 1. The minimum absolute atomic E-state index is 0.0504. The van der Waals surface area contributed by atoms with E-state index in [4.69, 9.17) is 5.84 Å². The molecule has 1 aromatic rings. The van der Waals surface area contributed by atoms with Gasteiger partial charge in [-0.25, -0.2) is 0 Å². The normalized spacial score (nSPS) is 15.7. The summed E-state index contributed by atoms with van der Waals surface area (Å²) in [6.07, 6.45) is 4.57. The molecule has 0 unspecified atom stereocenters. The standard InChI is InChI=1S/C12H18N4O2/c1-15(9-5-2-3-6-9)11-8-4-7-10(14-13)12(11)16(17)18/h4,7-9,14H,2-3,5-6,13H2,1H3. The molecule has 98 valence electrons. The molecule has 1 saturated carbocycles. The average Bonchev–Trinajstić information content (AvgIpc) is 2.90. The first kappa shape index (κ1) is 12.6. The lowest BCUT2D eigenvalue weighted by Gasteiger charge is -2.26. The molecule has 1 aliphatic carbocycles. The van der Waals surface area contributed by atoms with Crippen LogP contribution in [0.3, 0.4) is 0 Å². The quantitative estimate of drug-likeness (QED) is 0.486. The summed E-state index contributed by atoms with van der Waals surface area (Å²) in [7, 11) is 1.92. The van der Waals surface area contributed by atoms with Crippen molar-refractivity contribution in [1.82, 2.24) is 0 Å². The predicted molar refractivity (Wildman–Crippen MR) is 71.6 cm³/mol. The van der Waals surface area contributed by atoms with Crippen LogP contribution in [0.5, 0.6) is 0 Å². The number of rotatable bonds is 4. The van der Waals surface area contributed by atoms with Gasteiger partial charge < -0.3 is 10.3 Å². The average molecular weight is 250 g/mol. The molecule has 0 aromatic heterocycles. The van der Waals surface area contributed by atoms with Gasteiger partial charge >= 0.3 is 5.69 Å². The molecule has 0 heterocycles. The summed E-state index contributed by atoms with van der Waals surface area (Å²) in [5.41, 5.74) is 3.42. The molecule has 1 aliphatic rings. The molecule has 3 N–H and O–H groups in total. The van der Waals surface area contributed by atoms with Gasteiger partial charge in [0, 0.05) is 13.1 Å². The number of nitrogens with one attached hydrogen (secondary N) is 1. The Morgan fingerprint density at radius 2 is 2.11 bits per heavy atom. The first-order valence-electron chi connectivity index (χ1n) is 6.12. The highest BCUT2D eigenvalue weighted by Crippen LogP contribution is 2.37. The van der Waals surface area contributed by atoms with Crippen LogP contribution < -0.4 is 16.2 Å². The molecule has 18 heavy (non-hydrogen) atoms. The summed E-state index contributed by atoms with van der Waals surface area (Å²) in [6, 6.07) is 5.56. The summed E-state index contributed by atoms with van der Waals surface area (Å²) < 4.78 is 0. The molecule has 0 bridgehead atoms. The van der Waals surface area contributed by atoms with Gasteiger partial charge in [-0.3, -0.25) is 16.0 Å². The summed E-state index contributed by atoms with van der Waals surface area (Å²) in [4.78, 5) is 12.8. The number of anilines is 2. The van der Waals surface area contributed by atoms with Crippen LogP contribution in [0.2, 0.25) is 0 Å². The third-order valence-electron chi connectivity index (χ3n) is 3.61. The van der Waals surface area contributed by atoms with Gasteiger partial charge in [0.25, 0.3) is 0 Å². The smallest absolute Gasteiger partial charge is 0.316 e. The molecule has 0 spiro atoms. The summed E-state index contributed by atoms with van der Waals surface area (Å²) in [6.45, 7) is 0. The third kappa shape index (κ3) is 2.24. The van der Waals surface area contributed by atoms with E-state index in [0.717, 1.165) is 12.8 Å². The highest BCUT2D eigenvalue weighted by molar-refractivity contribution is 5.76. The van der Waals surface area contributed by atoms with Crippen LogP contribution in [0.4, 0.5) is 17.1 Å². The molecule has 0 radical (unpaired) electrons. The molecule has 6 nitrogen and oxygen atoms in total. The van der Waals surface area contributed by atoms with Crippen LogP contribution >= 0.6 is 0 Å². The van der Waals surface area contributed by atoms with Crippen LogP contribution in [-0.4, -0.2) is 18.0 Å². The van der Waals surface area contributed by atoms with E-state index in [1.165, 1.54) is 12.8 Å². The van der Waals surface area contributed by atoms with E-state index in [1.807, 2.05) is 11.9 Å². The number of hydrogen-bond acceptors (Lipinski definition) is 5. The minimum Gasteiger partial charge on any atom is -0.366 e. The zero-order chi connectivity index (χ0) is 13.1. The van der Waals surface area contributed by atoms with E-state index in [2.05, 4.69) is 5.43 Å². The van der Waals surface area contributed by atoms with E-state index in [9.17, 15) is 10.1 Å². The van der Waals surface area contributed by atoms with E-state index in [-0.39, 0.29) is 10.6 Å². The molecule has 0 amide bonds. The lowest BCUT2D eigenvalue weighted by Crippen LogP contribution is -2.29. The second kappa shape index (κ2) is 5.22.